The van der Waals surface area contributed by atoms with Crippen molar-refractivity contribution in [3.63, 3.8) is 0 Å². The van der Waals surface area contributed by atoms with Crippen molar-refractivity contribution in [2.75, 3.05) is 13.1 Å². The fraction of sp³-hybridized carbons (Fsp3) is 0.857. The Morgan fingerprint density at radius 1 is 1.28 bits per heavy atom. The molecule has 1 saturated carbocycles. The third-order valence-corrected chi connectivity index (χ3v) is 4.97. The lowest BCUT2D eigenvalue weighted by atomic mass is 9.76. The molecule has 0 aromatic carbocycles. The van der Waals surface area contributed by atoms with Crippen molar-refractivity contribution in [1.82, 2.24) is 4.90 Å². The van der Waals surface area contributed by atoms with E-state index >= 15 is 0 Å². The Balaban J connectivity index is 1.95. The number of likely N-dealkylation sites (tertiary alicyclic amines) is 1. The number of carboxylic acid groups (broad SMARTS) is 1. The van der Waals surface area contributed by atoms with Gasteiger partial charge in [-0.25, -0.2) is 0 Å². The smallest absolute Gasteiger partial charge is 0.309 e. The molecule has 1 N–H and O–H groups in total. The standard InChI is InChI=1S/C14H23NO3/c1-4-14(12(17)18)5-7-15(8-6-14)11(16)10-9-13(10,2)3/h10H,4-9H2,1-3H3,(H,17,18). The summed E-state index contributed by atoms with van der Waals surface area (Å²) in [5.74, 6) is -0.310. The highest BCUT2D eigenvalue weighted by Crippen LogP contribution is 2.53. The summed E-state index contributed by atoms with van der Waals surface area (Å²) in [5.41, 5.74) is -0.445. The zero-order chi connectivity index (χ0) is 13.6. The Kier molecular flexibility index (Phi) is 3.16. The molecule has 0 aromatic heterocycles. The van der Waals surface area contributed by atoms with Crippen LogP contribution < -0.4 is 0 Å². The Morgan fingerprint density at radius 3 is 2.11 bits per heavy atom. The van der Waals surface area contributed by atoms with Gasteiger partial charge in [0.1, 0.15) is 0 Å². The van der Waals surface area contributed by atoms with Gasteiger partial charge in [0.05, 0.1) is 5.41 Å². The topological polar surface area (TPSA) is 57.6 Å². The molecule has 4 nitrogen and oxygen atoms in total. The van der Waals surface area contributed by atoms with Crippen LogP contribution >= 0.6 is 0 Å². The highest BCUT2D eigenvalue weighted by Gasteiger charge is 2.53. The number of hydrogen-bond acceptors (Lipinski definition) is 2. The molecular formula is C14H23NO3. The van der Waals surface area contributed by atoms with Gasteiger partial charge in [-0.3, -0.25) is 9.59 Å². The normalized spacial score (nSPS) is 28.8. The SMILES string of the molecule is CCC1(C(=O)O)CCN(C(=O)C2CC2(C)C)CC1. The molecule has 1 aliphatic carbocycles. The molecule has 1 amide bonds. The summed E-state index contributed by atoms with van der Waals surface area (Å²) in [6.07, 6.45) is 2.81. The summed E-state index contributed by atoms with van der Waals surface area (Å²) in [7, 11) is 0. The molecule has 1 unspecified atom stereocenters. The molecule has 0 spiro atoms. The van der Waals surface area contributed by atoms with Crippen molar-refractivity contribution in [3.8, 4) is 0 Å². The number of rotatable bonds is 3. The zero-order valence-electron chi connectivity index (χ0n) is 11.5. The number of amides is 1. The maximum Gasteiger partial charge on any atom is 0.309 e. The number of nitrogens with zero attached hydrogens (tertiary/aromatic N) is 1. The maximum atomic E-state index is 12.2. The first-order chi connectivity index (χ1) is 8.32. The van der Waals surface area contributed by atoms with Gasteiger partial charge in [0.15, 0.2) is 0 Å². The van der Waals surface area contributed by atoms with Gasteiger partial charge in [0.25, 0.3) is 0 Å². The summed E-state index contributed by atoms with van der Waals surface area (Å²) in [6, 6.07) is 0. The van der Waals surface area contributed by atoms with Crippen molar-refractivity contribution in [2.24, 2.45) is 16.7 Å². The predicted octanol–water partition coefficient (Wildman–Crippen LogP) is 2.14. The summed E-state index contributed by atoms with van der Waals surface area (Å²) in [6.45, 7) is 7.37. The van der Waals surface area contributed by atoms with E-state index in [4.69, 9.17) is 0 Å². The number of aliphatic carboxylic acids is 1. The van der Waals surface area contributed by atoms with Gasteiger partial charge in [-0.15, -0.1) is 0 Å². The molecule has 0 bridgehead atoms. The molecule has 0 radical (unpaired) electrons. The Bertz CT molecular complexity index is 367. The van der Waals surface area contributed by atoms with Crippen molar-refractivity contribution >= 4 is 11.9 Å². The van der Waals surface area contributed by atoms with Crippen LogP contribution in [0.3, 0.4) is 0 Å². The van der Waals surface area contributed by atoms with E-state index in [0.29, 0.717) is 32.4 Å². The Morgan fingerprint density at radius 2 is 1.78 bits per heavy atom. The highest BCUT2D eigenvalue weighted by molar-refractivity contribution is 5.83. The van der Waals surface area contributed by atoms with Crippen LogP contribution in [0.15, 0.2) is 0 Å². The van der Waals surface area contributed by atoms with E-state index in [1.54, 1.807) is 0 Å². The second kappa shape index (κ2) is 4.25. The first-order valence-electron chi connectivity index (χ1n) is 6.84. The molecule has 2 aliphatic rings. The molecule has 1 aliphatic heterocycles. The fourth-order valence-electron chi connectivity index (χ4n) is 2.98. The number of carbonyl (C=O) groups excluding carboxylic acids is 1. The van der Waals surface area contributed by atoms with Crippen LogP contribution in [0.5, 0.6) is 0 Å². The van der Waals surface area contributed by atoms with Gasteiger partial charge in [0, 0.05) is 19.0 Å². The minimum Gasteiger partial charge on any atom is -0.481 e. The molecule has 1 saturated heterocycles. The van der Waals surface area contributed by atoms with E-state index in [1.807, 2.05) is 11.8 Å². The van der Waals surface area contributed by atoms with Gasteiger partial charge in [0.2, 0.25) is 5.91 Å². The largest absolute Gasteiger partial charge is 0.481 e. The average Bonchev–Trinajstić information content (AvgIpc) is 2.97. The first kappa shape index (κ1) is 13.4. The van der Waals surface area contributed by atoms with Gasteiger partial charge in [-0.1, -0.05) is 20.8 Å². The summed E-state index contributed by atoms with van der Waals surface area (Å²) < 4.78 is 0. The van der Waals surface area contributed by atoms with Crippen LogP contribution in [0.4, 0.5) is 0 Å². The van der Waals surface area contributed by atoms with Crippen LogP contribution in [-0.4, -0.2) is 35.0 Å². The molecule has 1 heterocycles. The third-order valence-electron chi connectivity index (χ3n) is 4.97. The molecule has 2 fully saturated rings. The van der Waals surface area contributed by atoms with Crippen LogP contribution in [0.2, 0.25) is 0 Å². The number of carbonyl (C=O) groups is 2. The zero-order valence-corrected chi connectivity index (χ0v) is 11.5. The van der Waals surface area contributed by atoms with Gasteiger partial charge < -0.3 is 10.0 Å². The molecule has 4 heteroatoms. The van der Waals surface area contributed by atoms with Crippen molar-refractivity contribution < 1.29 is 14.7 Å². The Hall–Kier alpha value is -1.06. The molecule has 18 heavy (non-hydrogen) atoms. The minimum absolute atomic E-state index is 0.156. The molecule has 102 valence electrons. The van der Waals surface area contributed by atoms with E-state index in [-0.39, 0.29) is 17.2 Å². The molecule has 1 atom stereocenters. The quantitative estimate of drug-likeness (QED) is 0.838. The lowest BCUT2D eigenvalue weighted by Crippen LogP contribution is -2.47. The van der Waals surface area contributed by atoms with Gasteiger partial charge in [-0.2, -0.15) is 0 Å². The van der Waals surface area contributed by atoms with E-state index < -0.39 is 11.4 Å². The number of hydrogen-bond donors (Lipinski definition) is 1. The van der Waals surface area contributed by atoms with E-state index in [0.717, 1.165) is 6.42 Å². The van der Waals surface area contributed by atoms with Crippen LogP contribution in [0.1, 0.15) is 46.5 Å². The molecule has 0 aromatic rings. The van der Waals surface area contributed by atoms with E-state index in [2.05, 4.69) is 13.8 Å². The predicted molar refractivity (Wildman–Crippen MR) is 68.1 cm³/mol. The maximum absolute atomic E-state index is 12.2. The fourth-order valence-corrected chi connectivity index (χ4v) is 2.98. The number of carboxylic acids is 1. The van der Waals surface area contributed by atoms with Gasteiger partial charge in [-0.05, 0) is 31.1 Å². The second-order valence-electron chi connectivity index (χ2n) is 6.51. The highest BCUT2D eigenvalue weighted by atomic mass is 16.4. The summed E-state index contributed by atoms with van der Waals surface area (Å²) >= 11 is 0. The number of piperidine rings is 1. The average molecular weight is 253 g/mol. The van der Waals surface area contributed by atoms with E-state index in [1.165, 1.54) is 0 Å². The monoisotopic (exact) mass is 253 g/mol. The van der Waals surface area contributed by atoms with Crippen molar-refractivity contribution in [3.05, 3.63) is 0 Å². The van der Waals surface area contributed by atoms with Gasteiger partial charge >= 0.3 is 5.97 Å². The van der Waals surface area contributed by atoms with Crippen LogP contribution in [-0.2, 0) is 9.59 Å². The second-order valence-corrected chi connectivity index (χ2v) is 6.51. The molecular weight excluding hydrogens is 230 g/mol. The lowest BCUT2D eigenvalue weighted by Gasteiger charge is -2.38. The minimum atomic E-state index is -0.705. The van der Waals surface area contributed by atoms with Crippen LogP contribution in [0, 0.1) is 16.7 Å². The van der Waals surface area contributed by atoms with E-state index in [9.17, 15) is 14.7 Å². The third kappa shape index (κ3) is 2.13. The lowest BCUT2D eigenvalue weighted by molar-refractivity contribution is -0.155. The first-order valence-corrected chi connectivity index (χ1v) is 6.84. The van der Waals surface area contributed by atoms with Crippen molar-refractivity contribution in [2.45, 2.75) is 46.5 Å². The summed E-state index contributed by atoms with van der Waals surface area (Å²) in [4.78, 5) is 25.4. The van der Waals surface area contributed by atoms with Crippen LogP contribution in [0.25, 0.3) is 0 Å². The summed E-state index contributed by atoms with van der Waals surface area (Å²) in [5, 5.41) is 9.31. The van der Waals surface area contributed by atoms with Crippen molar-refractivity contribution in [1.29, 1.82) is 0 Å². The Labute approximate surface area is 108 Å². The molecule has 2 rings (SSSR count).